The second-order valence-corrected chi connectivity index (χ2v) is 9.34. The van der Waals surface area contributed by atoms with Crippen LogP contribution in [0.3, 0.4) is 0 Å². The molecule has 0 spiro atoms. The predicted octanol–water partition coefficient (Wildman–Crippen LogP) is 3.58. The van der Waals surface area contributed by atoms with E-state index in [-0.39, 0.29) is 28.2 Å². The smallest absolute Gasteiger partial charge is 0.263 e. The number of rotatable bonds is 4. The first-order valence-corrected chi connectivity index (χ1v) is 10.7. The van der Waals surface area contributed by atoms with E-state index >= 15 is 0 Å². The van der Waals surface area contributed by atoms with Crippen molar-refractivity contribution in [1.29, 1.82) is 0 Å². The number of hydrogen-bond donors (Lipinski definition) is 1. The summed E-state index contributed by atoms with van der Waals surface area (Å²) in [6.07, 6.45) is 0.181. The van der Waals surface area contributed by atoms with Gasteiger partial charge in [-0.05, 0) is 55.0 Å². The summed E-state index contributed by atoms with van der Waals surface area (Å²) in [6.45, 7) is 1.82. The van der Waals surface area contributed by atoms with Crippen molar-refractivity contribution < 1.29 is 17.6 Å². The zero-order chi connectivity index (χ0) is 20.1. The standard InChI is InChI=1S/C19H16FN3O3S2/c1-11-18(12-3-5-14(20)6-4-12)21-19(27-11)22-28(25,26)15-7-8-16-13(9-15)10-17(24)23(16)2/h3-9H,10H2,1-2H3,(H,21,22). The molecule has 1 N–H and O–H groups in total. The normalized spacial score (nSPS) is 13.7. The fourth-order valence-corrected chi connectivity index (χ4v) is 5.22. The number of anilines is 2. The quantitative estimate of drug-likeness (QED) is 0.704. The van der Waals surface area contributed by atoms with E-state index < -0.39 is 10.0 Å². The Balaban J connectivity index is 1.63. The summed E-state index contributed by atoms with van der Waals surface area (Å²) >= 11 is 1.20. The minimum absolute atomic E-state index is 0.0722. The van der Waals surface area contributed by atoms with Gasteiger partial charge in [0.15, 0.2) is 5.13 Å². The number of aromatic nitrogens is 1. The van der Waals surface area contributed by atoms with Gasteiger partial charge in [-0.15, -0.1) is 11.3 Å². The van der Waals surface area contributed by atoms with Crippen LogP contribution in [0, 0.1) is 12.7 Å². The molecular weight excluding hydrogens is 401 g/mol. The van der Waals surface area contributed by atoms with E-state index in [1.165, 1.54) is 40.5 Å². The van der Waals surface area contributed by atoms with Crippen molar-refractivity contribution in [2.45, 2.75) is 18.2 Å². The van der Waals surface area contributed by atoms with Gasteiger partial charge in [0.2, 0.25) is 5.91 Å². The van der Waals surface area contributed by atoms with Gasteiger partial charge in [-0.25, -0.2) is 17.8 Å². The number of fused-ring (bicyclic) bond motifs is 1. The third-order valence-corrected chi connectivity index (χ3v) is 6.93. The van der Waals surface area contributed by atoms with E-state index in [4.69, 9.17) is 0 Å². The van der Waals surface area contributed by atoms with Crippen LogP contribution >= 0.6 is 11.3 Å². The second-order valence-electron chi connectivity index (χ2n) is 6.46. The lowest BCUT2D eigenvalue weighted by Crippen LogP contribution is -2.20. The molecule has 28 heavy (non-hydrogen) atoms. The lowest BCUT2D eigenvalue weighted by molar-refractivity contribution is -0.117. The lowest BCUT2D eigenvalue weighted by atomic mass is 10.1. The highest BCUT2D eigenvalue weighted by Gasteiger charge is 2.26. The Morgan fingerprint density at radius 2 is 1.89 bits per heavy atom. The minimum Gasteiger partial charge on any atom is -0.315 e. The number of nitrogens with zero attached hydrogens (tertiary/aromatic N) is 2. The first-order valence-electron chi connectivity index (χ1n) is 8.40. The van der Waals surface area contributed by atoms with Crippen molar-refractivity contribution in [2.24, 2.45) is 0 Å². The molecule has 0 bridgehead atoms. The van der Waals surface area contributed by atoms with Crippen LogP contribution in [-0.2, 0) is 21.2 Å². The van der Waals surface area contributed by atoms with Gasteiger partial charge < -0.3 is 4.90 Å². The first kappa shape index (κ1) is 18.6. The summed E-state index contributed by atoms with van der Waals surface area (Å²) in [5, 5.41) is 0.227. The summed E-state index contributed by atoms with van der Waals surface area (Å²) in [4.78, 5) is 18.6. The molecule has 3 aromatic rings. The monoisotopic (exact) mass is 417 g/mol. The highest BCUT2D eigenvalue weighted by molar-refractivity contribution is 7.93. The average molecular weight is 417 g/mol. The van der Waals surface area contributed by atoms with Gasteiger partial charge in [0.05, 0.1) is 17.0 Å². The van der Waals surface area contributed by atoms with Crippen molar-refractivity contribution in [2.75, 3.05) is 16.7 Å². The lowest BCUT2D eigenvalue weighted by Gasteiger charge is -2.11. The summed E-state index contributed by atoms with van der Waals surface area (Å²) < 4.78 is 41.2. The Labute approximate surface area is 165 Å². The van der Waals surface area contributed by atoms with E-state index in [0.29, 0.717) is 22.5 Å². The third-order valence-electron chi connectivity index (χ3n) is 4.57. The maximum Gasteiger partial charge on any atom is 0.263 e. The van der Waals surface area contributed by atoms with Gasteiger partial charge in [0, 0.05) is 23.2 Å². The highest BCUT2D eigenvalue weighted by Crippen LogP contribution is 2.33. The Hall–Kier alpha value is -2.78. The molecule has 1 amide bonds. The van der Waals surface area contributed by atoms with Crippen LogP contribution in [0.2, 0.25) is 0 Å². The summed E-state index contributed by atoms with van der Waals surface area (Å²) in [6, 6.07) is 10.5. The Kier molecular flexibility index (Phi) is 4.43. The number of sulfonamides is 1. The van der Waals surface area contributed by atoms with Crippen LogP contribution in [0.15, 0.2) is 47.4 Å². The number of amides is 1. The number of benzene rings is 2. The number of halogens is 1. The number of carbonyl (C=O) groups excluding carboxylic acids is 1. The van der Waals surface area contributed by atoms with Crippen molar-refractivity contribution in [3.8, 4) is 11.3 Å². The first-order chi connectivity index (χ1) is 13.2. The molecule has 1 aliphatic rings. The fraction of sp³-hybridized carbons (Fsp3) is 0.158. The maximum absolute atomic E-state index is 13.1. The van der Waals surface area contributed by atoms with Gasteiger partial charge >= 0.3 is 0 Å². The van der Waals surface area contributed by atoms with Gasteiger partial charge in [-0.1, -0.05) is 0 Å². The van der Waals surface area contributed by atoms with Crippen LogP contribution in [0.4, 0.5) is 15.2 Å². The maximum atomic E-state index is 13.1. The zero-order valence-electron chi connectivity index (χ0n) is 15.1. The number of carbonyl (C=O) groups is 1. The number of nitrogens with one attached hydrogen (secondary N) is 1. The van der Waals surface area contributed by atoms with E-state index in [1.54, 1.807) is 25.2 Å². The van der Waals surface area contributed by atoms with Crippen LogP contribution in [0.5, 0.6) is 0 Å². The Morgan fingerprint density at radius 1 is 1.18 bits per heavy atom. The Morgan fingerprint density at radius 3 is 2.61 bits per heavy atom. The van der Waals surface area contributed by atoms with Gasteiger partial charge in [-0.3, -0.25) is 9.52 Å². The summed E-state index contributed by atoms with van der Waals surface area (Å²) in [7, 11) is -2.19. The second kappa shape index (κ2) is 6.68. The van der Waals surface area contributed by atoms with E-state index in [9.17, 15) is 17.6 Å². The number of likely N-dealkylation sites (N-methyl/N-ethyl adjacent to an activating group) is 1. The molecule has 0 atom stereocenters. The molecular formula is C19H16FN3O3S2. The van der Waals surface area contributed by atoms with Crippen molar-refractivity contribution >= 4 is 38.1 Å². The molecule has 4 rings (SSSR count). The van der Waals surface area contributed by atoms with Crippen LogP contribution in [0.25, 0.3) is 11.3 Å². The largest absolute Gasteiger partial charge is 0.315 e. The fourth-order valence-electron chi connectivity index (χ4n) is 3.10. The molecule has 0 radical (unpaired) electrons. The van der Waals surface area contributed by atoms with Crippen LogP contribution in [0.1, 0.15) is 10.4 Å². The number of thiazole rings is 1. The van der Waals surface area contributed by atoms with Gasteiger partial charge in [0.25, 0.3) is 10.0 Å². The Bertz CT molecular complexity index is 1190. The minimum atomic E-state index is -3.85. The molecule has 1 aliphatic heterocycles. The van der Waals surface area contributed by atoms with E-state index in [0.717, 1.165) is 4.88 Å². The van der Waals surface area contributed by atoms with Crippen molar-refractivity contribution in [3.05, 3.63) is 58.7 Å². The molecule has 1 aromatic heterocycles. The summed E-state index contributed by atoms with van der Waals surface area (Å²) in [5.74, 6) is -0.421. The number of hydrogen-bond acceptors (Lipinski definition) is 5. The number of aryl methyl sites for hydroxylation is 1. The average Bonchev–Trinajstić information content (AvgIpc) is 3.14. The molecule has 0 unspecified atom stereocenters. The topological polar surface area (TPSA) is 79.4 Å². The molecule has 144 valence electrons. The molecule has 0 saturated heterocycles. The molecule has 0 fully saturated rings. The van der Waals surface area contributed by atoms with Crippen molar-refractivity contribution in [1.82, 2.24) is 4.98 Å². The van der Waals surface area contributed by atoms with Gasteiger partial charge in [-0.2, -0.15) is 0 Å². The van der Waals surface area contributed by atoms with E-state index in [2.05, 4.69) is 9.71 Å². The molecule has 6 nitrogen and oxygen atoms in total. The third kappa shape index (κ3) is 3.27. The summed E-state index contributed by atoms with van der Waals surface area (Å²) in [5.41, 5.74) is 2.70. The highest BCUT2D eigenvalue weighted by atomic mass is 32.2. The zero-order valence-corrected chi connectivity index (χ0v) is 16.7. The molecule has 0 aliphatic carbocycles. The van der Waals surface area contributed by atoms with E-state index in [1.807, 2.05) is 6.92 Å². The molecule has 2 aromatic carbocycles. The van der Waals surface area contributed by atoms with Crippen LogP contribution in [-0.4, -0.2) is 26.4 Å². The SMILES string of the molecule is Cc1sc(NS(=O)(=O)c2ccc3c(c2)CC(=O)N3C)nc1-c1ccc(F)cc1. The van der Waals surface area contributed by atoms with Gasteiger partial charge in [0.1, 0.15) is 5.82 Å². The van der Waals surface area contributed by atoms with Crippen LogP contribution < -0.4 is 9.62 Å². The molecule has 0 saturated carbocycles. The van der Waals surface area contributed by atoms with Crippen molar-refractivity contribution in [3.63, 3.8) is 0 Å². The molecule has 9 heteroatoms. The predicted molar refractivity (Wildman–Crippen MR) is 107 cm³/mol. The molecule has 2 heterocycles.